The van der Waals surface area contributed by atoms with Gasteiger partial charge in [-0.25, -0.2) is 4.79 Å². The number of hydrogen-bond acceptors (Lipinski definition) is 3. The maximum absolute atomic E-state index is 11.8. The Morgan fingerprint density at radius 2 is 2.00 bits per heavy atom. The van der Waals surface area contributed by atoms with E-state index in [2.05, 4.69) is 27.7 Å². The third-order valence-electron chi connectivity index (χ3n) is 7.53. The lowest BCUT2D eigenvalue weighted by atomic mass is 9.46. The molecule has 1 unspecified atom stereocenters. The van der Waals surface area contributed by atoms with Crippen molar-refractivity contribution in [1.82, 2.24) is 0 Å². The fraction of sp³-hybridized carbons (Fsp3) is 0.818. The third kappa shape index (κ3) is 4.15. The van der Waals surface area contributed by atoms with Gasteiger partial charge in [0, 0.05) is 17.9 Å². The van der Waals surface area contributed by atoms with Crippen molar-refractivity contribution >= 4 is 11.9 Å². The summed E-state index contributed by atoms with van der Waals surface area (Å²) < 4.78 is 5.08. The first-order chi connectivity index (χ1) is 12.1. The number of carboxylic acid groups (broad SMARTS) is 1. The van der Waals surface area contributed by atoms with E-state index in [-0.39, 0.29) is 16.8 Å². The third-order valence-corrected chi connectivity index (χ3v) is 7.53. The van der Waals surface area contributed by atoms with Crippen LogP contribution in [0.4, 0.5) is 0 Å². The fourth-order valence-corrected chi connectivity index (χ4v) is 5.55. The van der Waals surface area contributed by atoms with Crippen molar-refractivity contribution in [3.8, 4) is 0 Å². The fourth-order valence-electron chi connectivity index (χ4n) is 5.55. The van der Waals surface area contributed by atoms with Gasteiger partial charge in [-0.15, -0.1) is 0 Å². The molecule has 0 saturated heterocycles. The van der Waals surface area contributed by atoms with Gasteiger partial charge in [-0.1, -0.05) is 40.2 Å². The first kappa shape index (κ1) is 21.0. The van der Waals surface area contributed by atoms with Crippen LogP contribution in [0, 0.1) is 28.6 Å². The number of carboxylic acids is 1. The SMILES string of the molecule is CC(=O)OCCC(C)CC[C@@]1(C)[C@H](C)CC[C@]2(C)C(C(=O)O)=CCC[C@H]12. The van der Waals surface area contributed by atoms with Crippen molar-refractivity contribution in [2.45, 2.75) is 79.6 Å². The molecule has 1 N–H and O–H groups in total. The Balaban J connectivity index is 2.09. The molecule has 148 valence electrons. The van der Waals surface area contributed by atoms with E-state index in [4.69, 9.17) is 4.74 Å². The number of rotatable bonds is 7. The summed E-state index contributed by atoms with van der Waals surface area (Å²) in [6.45, 7) is 11.1. The summed E-state index contributed by atoms with van der Waals surface area (Å²) >= 11 is 0. The molecule has 0 heterocycles. The van der Waals surface area contributed by atoms with Gasteiger partial charge in [-0.3, -0.25) is 4.79 Å². The molecule has 0 aromatic rings. The van der Waals surface area contributed by atoms with Crippen LogP contribution in [-0.4, -0.2) is 23.7 Å². The van der Waals surface area contributed by atoms with Crippen molar-refractivity contribution in [1.29, 1.82) is 0 Å². The second-order valence-corrected chi connectivity index (χ2v) is 9.19. The van der Waals surface area contributed by atoms with Crippen molar-refractivity contribution in [3.05, 3.63) is 11.6 Å². The van der Waals surface area contributed by atoms with Crippen LogP contribution in [0.3, 0.4) is 0 Å². The zero-order valence-corrected chi connectivity index (χ0v) is 17.1. The molecule has 0 spiro atoms. The molecule has 1 saturated carbocycles. The molecule has 2 rings (SSSR count). The minimum Gasteiger partial charge on any atom is -0.478 e. The van der Waals surface area contributed by atoms with Gasteiger partial charge in [0.05, 0.1) is 6.61 Å². The Morgan fingerprint density at radius 1 is 1.31 bits per heavy atom. The summed E-state index contributed by atoms with van der Waals surface area (Å²) in [7, 11) is 0. The van der Waals surface area contributed by atoms with Crippen molar-refractivity contribution in [3.63, 3.8) is 0 Å². The molecule has 5 atom stereocenters. The van der Waals surface area contributed by atoms with E-state index in [1.165, 1.54) is 6.92 Å². The van der Waals surface area contributed by atoms with Crippen LogP contribution in [0.2, 0.25) is 0 Å². The molecule has 0 bridgehead atoms. The Hall–Kier alpha value is -1.32. The number of carbonyl (C=O) groups is 2. The molecule has 2 aliphatic carbocycles. The number of aliphatic carboxylic acids is 1. The van der Waals surface area contributed by atoms with Crippen LogP contribution < -0.4 is 0 Å². The van der Waals surface area contributed by atoms with Crippen LogP contribution in [0.1, 0.15) is 79.6 Å². The standard InChI is InChI=1S/C22H36O4/c1-15(11-14-26-17(3)23)9-12-21(4)16(2)10-13-22(5)18(20(24)25)7-6-8-19(21)22/h7,15-16,19H,6,8-14H2,1-5H3,(H,24,25)/t15?,16-,19-,21+,22-/m1/s1. The number of fused-ring (bicyclic) bond motifs is 1. The van der Waals surface area contributed by atoms with Gasteiger partial charge in [-0.2, -0.15) is 0 Å². The Bertz CT molecular complexity index is 566. The first-order valence-corrected chi connectivity index (χ1v) is 10.2. The highest BCUT2D eigenvalue weighted by molar-refractivity contribution is 5.88. The number of allylic oxidation sites excluding steroid dienone is 1. The molecule has 0 radical (unpaired) electrons. The van der Waals surface area contributed by atoms with Gasteiger partial charge in [-0.05, 0) is 61.7 Å². The van der Waals surface area contributed by atoms with Crippen molar-refractivity contribution in [2.24, 2.45) is 28.6 Å². The number of hydrogen-bond donors (Lipinski definition) is 1. The largest absolute Gasteiger partial charge is 0.478 e. The lowest BCUT2D eigenvalue weighted by molar-refractivity contribution is -0.141. The molecule has 2 aliphatic rings. The van der Waals surface area contributed by atoms with E-state index in [0.29, 0.717) is 29.9 Å². The van der Waals surface area contributed by atoms with Crippen LogP contribution in [0.15, 0.2) is 11.6 Å². The molecule has 4 heteroatoms. The first-order valence-electron chi connectivity index (χ1n) is 10.2. The molecule has 0 amide bonds. The summed E-state index contributed by atoms with van der Waals surface area (Å²) in [5, 5.41) is 9.73. The molecular formula is C22H36O4. The molecule has 0 aliphatic heterocycles. The van der Waals surface area contributed by atoms with E-state index < -0.39 is 5.97 Å². The molecule has 1 fully saturated rings. The van der Waals surface area contributed by atoms with Crippen molar-refractivity contribution in [2.75, 3.05) is 6.61 Å². The highest BCUT2D eigenvalue weighted by Gasteiger charge is 2.55. The zero-order valence-electron chi connectivity index (χ0n) is 17.1. The predicted octanol–water partition coefficient (Wildman–Crippen LogP) is 5.22. The van der Waals surface area contributed by atoms with E-state index in [1.54, 1.807) is 0 Å². The van der Waals surface area contributed by atoms with E-state index >= 15 is 0 Å². The Morgan fingerprint density at radius 3 is 2.62 bits per heavy atom. The quantitative estimate of drug-likeness (QED) is 0.629. The molecule has 0 aromatic carbocycles. The van der Waals surface area contributed by atoms with Crippen LogP contribution in [-0.2, 0) is 14.3 Å². The summed E-state index contributed by atoms with van der Waals surface area (Å²) in [6, 6.07) is 0. The van der Waals surface area contributed by atoms with Gasteiger partial charge in [0.2, 0.25) is 0 Å². The molecule has 4 nitrogen and oxygen atoms in total. The average molecular weight is 365 g/mol. The maximum atomic E-state index is 11.8. The van der Waals surface area contributed by atoms with Crippen LogP contribution in [0.5, 0.6) is 0 Å². The smallest absolute Gasteiger partial charge is 0.331 e. The van der Waals surface area contributed by atoms with E-state index in [0.717, 1.165) is 44.9 Å². The van der Waals surface area contributed by atoms with Gasteiger partial charge in [0.15, 0.2) is 0 Å². The average Bonchev–Trinajstić information content (AvgIpc) is 2.56. The number of carbonyl (C=O) groups excluding carboxylic acids is 1. The molecule has 0 aromatic heterocycles. The van der Waals surface area contributed by atoms with Crippen LogP contribution in [0.25, 0.3) is 0 Å². The van der Waals surface area contributed by atoms with E-state index in [9.17, 15) is 14.7 Å². The molecular weight excluding hydrogens is 328 g/mol. The summed E-state index contributed by atoms with van der Waals surface area (Å²) in [5.74, 6) is 0.592. The zero-order chi connectivity index (χ0) is 19.5. The Labute approximate surface area is 158 Å². The van der Waals surface area contributed by atoms with Gasteiger partial charge < -0.3 is 9.84 Å². The van der Waals surface area contributed by atoms with E-state index in [1.807, 2.05) is 6.08 Å². The summed E-state index contributed by atoms with van der Waals surface area (Å²) in [4.78, 5) is 22.8. The second kappa shape index (κ2) is 8.14. The van der Waals surface area contributed by atoms with Gasteiger partial charge >= 0.3 is 11.9 Å². The van der Waals surface area contributed by atoms with Gasteiger partial charge in [0.1, 0.15) is 0 Å². The maximum Gasteiger partial charge on any atom is 0.331 e. The summed E-state index contributed by atoms with van der Waals surface area (Å²) in [5.41, 5.74) is 0.610. The topological polar surface area (TPSA) is 63.6 Å². The van der Waals surface area contributed by atoms with Crippen LogP contribution >= 0.6 is 0 Å². The monoisotopic (exact) mass is 364 g/mol. The lowest BCUT2D eigenvalue weighted by Crippen LogP contribution is -2.51. The second-order valence-electron chi connectivity index (χ2n) is 9.19. The Kier molecular flexibility index (Phi) is 6.57. The van der Waals surface area contributed by atoms with Crippen molar-refractivity contribution < 1.29 is 19.4 Å². The lowest BCUT2D eigenvalue weighted by Gasteiger charge is -2.57. The number of ether oxygens (including phenoxy) is 1. The summed E-state index contributed by atoms with van der Waals surface area (Å²) in [6.07, 6.45) is 9.12. The highest BCUT2D eigenvalue weighted by atomic mass is 16.5. The number of esters is 1. The highest BCUT2D eigenvalue weighted by Crippen LogP contribution is 2.62. The molecule has 26 heavy (non-hydrogen) atoms. The van der Waals surface area contributed by atoms with Gasteiger partial charge in [0.25, 0.3) is 0 Å². The normalized spacial score (nSPS) is 35.2. The predicted molar refractivity (Wildman–Crippen MR) is 103 cm³/mol. The minimum atomic E-state index is -0.733. The minimum absolute atomic E-state index is 0.164.